The van der Waals surface area contributed by atoms with Gasteiger partial charge in [-0.25, -0.2) is 0 Å². The van der Waals surface area contributed by atoms with Crippen molar-refractivity contribution in [2.24, 2.45) is 0 Å². The van der Waals surface area contributed by atoms with Gasteiger partial charge >= 0.3 is 0 Å². The third-order valence-electron chi connectivity index (χ3n) is 1.10. The second-order valence-corrected chi connectivity index (χ2v) is 4.87. The highest BCUT2D eigenvalue weighted by Crippen LogP contribution is 2.21. The number of hydrogen-bond donors (Lipinski definition) is 0. The van der Waals surface area contributed by atoms with Gasteiger partial charge in [0, 0.05) is 20.1 Å². The lowest BCUT2D eigenvalue weighted by Crippen LogP contribution is -1.93. The average Bonchev–Trinajstić information content (AvgIpc) is 2.13. The lowest BCUT2D eigenvalue weighted by molar-refractivity contribution is 0.949. The number of rotatable bonds is 2. The second kappa shape index (κ2) is 3.74. The van der Waals surface area contributed by atoms with Crippen molar-refractivity contribution in [3.05, 3.63) is 20.8 Å². The van der Waals surface area contributed by atoms with E-state index in [2.05, 4.69) is 27.4 Å². The van der Waals surface area contributed by atoms with Gasteiger partial charge in [-0.15, -0.1) is 22.9 Å². The van der Waals surface area contributed by atoms with Crippen molar-refractivity contribution in [1.29, 1.82) is 0 Å². The molecule has 0 N–H and O–H groups in total. The molecule has 0 bridgehead atoms. The minimum Gasteiger partial charge on any atom is -0.148 e. The third-order valence-corrected chi connectivity index (χ3v) is 2.98. The Morgan fingerprint density at radius 1 is 1.80 bits per heavy atom. The van der Waals surface area contributed by atoms with Crippen molar-refractivity contribution in [2.75, 3.05) is 0 Å². The van der Waals surface area contributed by atoms with Crippen molar-refractivity contribution in [2.45, 2.75) is 18.7 Å². The van der Waals surface area contributed by atoms with Crippen LogP contribution in [0.3, 0.4) is 0 Å². The van der Waals surface area contributed by atoms with Crippen LogP contribution >= 0.6 is 38.9 Å². The van der Waals surface area contributed by atoms with Crippen molar-refractivity contribution in [3.8, 4) is 0 Å². The van der Waals surface area contributed by atoms with Gasteiger partial charge in [-0.2, -0.15) is 0 Å². The van der Waals surface area contributed by atoms with Crippen LogP contribution in [0.5, 0.6) is 0 Å². The molecule has 0 spiro atoms. The molecule has 1 aromatic rings. The van der Waals surface area contributed by atoms with Gasteiger partial charge in [0.25, 0.3) is 0 Å². The zero-order valence-electron chi connectivity index (χ0n) is 5.60. The van der Waals surface area contributed by atoms with Crippen molar-refractivity contribution < 1.29 is 0 Å². The second-order valence-electron chi connectivity index (χ2n) is 2.22. The van der Waals surface area contributed by atoms with Crippen LogP contribution in [0, 0.1) is 0 Å². The summed E-state index contributed by atoms with van der Waals surface area (Å²) in [6.07, 6.45) is 0.970. The summed E-state index contributed by atoms with van der Waals surface area (Å²) in [6, 6.07) is 2.11. The largest absolute Gasteiger partial charge is 0.148 e. The first kappa shape index (κ1) is 8.57. The summed E-state index contributed by atoms with van der Waals surface area (Å²) in [5, 5.41) is 2.32. The summed E-state index contributed by atoms with van der Waals surface area (Å²) >= 11 is 10.9. The predicted molar refractivity (Wildman–Crippen MR) is 51.0 cm³/mol. The molecule has 0 aliphatic heterocycles. The number of thiophene rings is 1. The molecule has 1 aromatic heterocycles. The zero-order chi connectivity index (χ0) is 7.56. The molecule has 3 heteroatoms. The van der Waals surface area contributed by atoms with Crippen LogP contribution in [0.15, 0.2) is 15.9 Å². The first-order chi connectivity index (χ1) is 4.68. The van der Waals surface area contributed by atoms with E-state index in [4.69, 9.17) is 11.6 Å². The Balaban J connectivity index is 2.58. The van der Waals surface area contributed by atoms with Gasteiger partial charge in [0.1, 0.15) is 0 Å². The Morgan fingerprint density at radius 3 is 2.90 bits per heavy atom. The Kier molecular flexibility index (Phi) is 3.21. The molecule has 0 saturated heterocycles. The van der Waals surface area contributed by atoms with E-state index >= 15 is 0 Å². The van der Waals surface area contributed by atoms with Crippen LogP contribution in [0.1, 0.15) is 11.8 Å². The fraction of sp³-hybridized carbons (Fsp3) is 0.429. The van der Waals surface area contributed by atoms with Crippen LogP contribution in [-0.4, -0.2) is 5.38 Å². The van der Waals surface area contributed by atoms with Gasteiger partial charge in [-0.3, -0.25) is 0 Å². The zero-order valence-corrected chi connectivity index (χ0v) is 8.76. The van der Waals surface area contributed by atoms with Crippen molar-refractivity contribution in [3.63, 3.8) is 0 Å². The van der Waals surface area contributed by atoms with Crippen LogP contribution in [0.25, 0.3) is 0 Å². The number of hydrogen-bond acceptors (Lipinski definition) is 1. The maximum atomic E-state index is 5.81. The van der Waals surface area contributed by atoms with Gasteiger partial charge in [0.15, 0.2) is 0 Å². The molecule has 0 saturated carbocycles. The van der Waals surface area contributed by atoms with Crippen LogP contribution in [0.4, 0.5) is 0 Å². The minimum atomic E-state index is 0.241. The van der Waals surface area contributed by atoms with Gasteiger partial charge < -0.3 is 0 Å². The molecular formula is C7H8BrClS. The van der Waals surface area contributed by atoms with Gasteiger partial charge in [0.05, 0.1) is 0 Å². The summed E-state index contributed by atoms with van der Waals surface area (Å²) in [7, 11) is 0. The molecule has 1 rings (SSSR count). The average molecular weight is 240 g/mol. The maximum Gasteiger partial charge on any atom is 0.0356 e. The molecule has 0 radical (unpaired) electrons. The van der Waals surface area contributed by atoms with E-state index in [0.717, 1.165) is 10.9 Å². The SMILES string of the molecule is CC(Cl)Cc1cc(Br)cs1. The van der Waals surface area contributed by atoms with E-state index in [0.29, 0.717) is 0 Å². The standard InChI is InChI=1S/C7H8BrClS/c1-5(9)2-7-3-6(8)4-10-7/h3-5H,2H2,1H3. The molecule has 0 aliphatic rings. The first-order valence-electron chi connectivity index (χ1n) is 3.05. The summed E-state index contributed by atoms with van der Waals surface area (Å²) < 4.78 is 1.16. The van der Waals surface area contributed by atoms with Gasteiger partial charge in [-0.1, -0.05) is 0 Å². The lowest BCUT2D eigenvalue weighted by Gasteiger charge is -1.96. The first-order valence-corrected chi connectivity index (χ1v) is 5.16. The molecule has 0 nitrogen and oxygen atoms in total. The summed E-state index contributed by atoms with van der Waals surface area (Å²) in [6.45, 7) is 2.01. The normalized spacial score (nSPS) is 13.5. The number of halogens is 2. The predicted octanol–water partition coefficient (Wildman–Crippen LogP) is 3.68. The monoisotopic (exact) mass is 238 g/mol. The van der Waals surface area contributed by atoms with Crippen molar-refractivity contribution >= 4 is 38.9 Å². The molecule has 1 atom stereocenters. The molecule has 0 aromatic carbocycles. The molecular weight excluding hydrogens is 232 g/mol. The van der Waals surface area contributed by atoms with Crippen LogP contribution in [0.2, 0.25) is 0 Å². The fourth-order valence-corrected chi connectivity index (χ4v) is 2.58. The summed E-state index contributed by atoms with van der Waals surface area (Å²) in [5.74, 6) is 0. The highest BCUT2D eigenvalue weighted by atomic mass is 79.9. The highest BCUT2D eigenvalue weighted by Gasteiger charge is 2.00. The molecule has 10 heavy (non-hydrogen) atoms. The highest BCUT2D eigenvalue weighted by molar-refractivity contribution is 9.10. The van der Waals surface area contributed by atoms with Crippen molar-refractivity contribution in [1.82, 2.24) is 0 Å². The molecule has 1 heterocycles. The van der Waals surface area contributed by atoms with Crippen LogP contribution < -0.4 is 0 Å². The van der Waals surface area contributed by atoms with E-state index in [9.17, 15) is 0 Å². The Labute approximate surface area is 78.3 Å². The lowest BCUT2D eigenvalue weighted by atomic mass is 10.3. The maximum absolute atomic E-state index is 5.81. The Bertz CT molecular complexity index is 207. The van der Waals surface area contributed by atoms with Crippen LogP contribution in [-0.2, 0) is 6.42 Å². The molecule has 56 valence electrons. The smallest absolute Gasteiger partial charge is 0.0356 e. The van der Waals surface area contributed by atoms with E-state index in [1.54, 1.807) is 11.3 Å². The number of alkyl halides is 1. The molecule has 1 unspecified atom stereocenters. The Hall–Kier alpha value is 0.470. The quantitative estimate of drug-likeness (QED) is 0.691. The summed E-state index contributed by atoms with van der Waals surface area (Å²) in [4.78, 5) is 1.34. The van der Waals surface area contributed by atoms with Gasteiger partial charge in [0.2, 0.25) is 0 Å². The molecule has 0 aliphatic carbocycles. The van der Waals surface area contributed by atoms with E-state index in [1.807, 2.05) is 6.92 Å². The van der Waals surface area contributed by atoms with E-state index in [1.165, 1.54) is 4.88 Å². The topological polar surface area (TPSA) is 0 Å². The minimum absolute atomic E-state index is 0.241. The van der Waals surface area contributed by atoms with Gasteiger partial charge in [-0.05, 0) is 35.3 Å². The molecule has 0 fully saturated rings. The van der Waals surface area contributed by atoms with E-state index in [-0.39, 0.29) is 5.38 Å². The van der Waals surface area contributed by atoms with E-state index < -0.39 is 0 Å². The summed E-state index contributed by atoms with van der Waals surface area (Å²) in [5.41, 5.74) is 0. The third kappa shape index (κ3) is 2.60. The molecule has 0 amide bonds. The fourth-order valence-electron chi connectivity index (χ4n) is 0.738. The Morgan fingerprint density at radius 2 is 2.50 bits per heavy atom.